The average molecular weight is 290 g/mol. The first-order chi connectivity index (χ1) is 10.0. The normalized spacial score (nSPS) is 10.3. The number of benzene rings is 1. The quantitative estimate of drug-likeness (QED) is 0.806. The second-order valence-corrected chi connectivity index (χ2v) is 4.31. The summed E-state index contributed by atoms with van der Waals surface area (Å²) in [7, 11) is 1.29. The minimum atomic E-state index is -0.726. The number of aromatic nitrogens is 1. The van der Waals surface area contributed by atoms with Crippen molar-refractivity contribution in [1.82, 2.24) is 4.57 Å². The number of nitrogens with two attached hydrogens (primary N) is 1. The molecular formula is C14H14N2O5. The van der Waals surface area contributed by atoms with Crippen LogP contribution in [0.1, 0.15) is 10.4 Å². The third-order valence-corrected chi connectivity index (χ3v) is 2.87. The molecule has 1 aromatic heterocycles. The van der Waals surface area contributed by atoms with E-state index in [0.717, 1.165) is 0 Å². The van der Waals surface area contributed by atoms with Gasteiger partial charge in [0.15, 0.2) is 6.61 Å². The second-order valence-electron chi connectivity index (χ2n) is 4.31. The molecule has 110 valence electrons. The molecule has 0 unspecified atom stereocenters. The number of rotatable bonds is 5. The number of ether oxygens (including phenoxy) is 2. The van der Waals surface area contributed by atoms with Gasteiger partial charge in [0.2, 0.25) is 0 Å². The lowest BCUT2D eigenvalue weighted by atomic mass is 10.2. The van der Waals surface area contributed by atoms with Crippen LogP contribution in [0, 0.1) is 0 Å². The molecule has 0 aliphatic carbocycles. The highest BCUT2D eigenvalue weighted by Gasteiger charge is 2.17. The first kappa shape index (κ1) is 14.6. The molecule has 21 heavy (non-hydrogen) atoms. The molecule has 0 fully saturated rings. The van der Waals surface area contributed by atoms with E-state index >= 15 is 0 Å². The Balaban J connectivity index is 2.30. The van der Waals surface area contributed by atoms with Crippen molar-refractivity contribution >= 4 is 28.7 Å². The molecule has 0 atom stereocenters. The van der Waals surface area contributed by atoms with E-state index in [1.165, 1.54) is 13.3 Å². The number of carbonyl (C=O) groups is 3. The molecule has 1 aromatic carbocycles. The molecule has 7 nitrogen and oxygen atoms in total. The van der Waals surface area contributed by atoms with Crippen LogP contribution < -0.4 is 5.73 Å². The molecule has 1 amide bonds. The summed E-state index contributed by atoms with van der Waals surface area (Å²) >= 11 is 0. The number of nitrogens with zero attached hydrogens (tertiary/aromatic N) is 1. The van der Waals surface area contributed by atoms with Gasteiger partial charge in [-0.25, -0.2) is 4.79 Å². The third kappa shape index (κ3) is 3.19. The van der Waals surface area contributed by atoms with E-state index in [9.17, 15) is 14.4 Å². The van der Waals surface area contributed by atoms with Crippen LogP contribution in [0.25, 0.3) is 10.9 Å². The van der Waals surface area contributed by atoms with Crippen molar-refractivity contribution in [3.8, 4) is 0 Å². The predicted octanol–water partition coefficient (Wildman–Crippen LogP) is 0.456. The predicted molar refractivity (Wildman–Crippen MR) is 73.4 cm³/mol. The summed E-state index contributed by atoms with van der Waals surface area (Å²) < 4.78 is 11.0. The van der Waals surface area contributed by atoms with Crippen LogP contribution in [-0.2, 0) is 25.6 Å². The van der Waals surface area contributed by atoms with Gasteiger partial charge in [0.1, 0.15) is 6.54 Å². The Kier molecular flexibility index (Phi) is 4.22. The van der Waals surface area contributed by atoms with Gasteiger partial charge in [-0.1, -0.05) is 18.2 Å². The van der Waals surface area contributed by atoms with Crippen molar-refractivity contribution in [2.75, 3.05) is 13.7 Å². The van der Waals surface area contributed by atoms with Crippen molar-refractivity contribution in [1.29, 1.82) is 0 Å². The van der Waals surface area contributed by atoms with Crippen molar-refractivity contribution in [2.45, 2.75) is 6.54 Å². The summed E-state index contributed by atoms with van der Waals surface area (Å²) in [4.78, 5) is 33.9. The minimum Gasteiger partial charge on any atom is -0.465 e. The lowest BCUT2D eigenvalue weighted by Crippen LogP contribution is -2.22. The summed E-state index contributed by atoms with van der Waals surface area (Å²) in [5.74, 6) is -1.84. The summed E-state index contributed by atoms with van der Waals surface area (Å²) in [5, 5.41) is 0.673. The third-order valence-electron chi connectivity index (χ3n) is 2.87. The number of hydrogen-bond donors (Lipinski definition) is 1. The van der Waals surface area contributed by atoms with Crippen molar-refractivity contribution < 1.29 is 23.9 Å². The minimum absolute atomic E-state index is 0.134. The Morgan fingerprint density at radius 1 is 1.24 bits per heavy atom. The van der Waals surface area contributed by atoms with E-state index in [-0.39, 0.29) is 6.54 Å². The van der Waals surface area contributed by atoms with E-state index < -0.39 is 24.5 Å². The van der Waals surface area contributed by atoms with E-state index in [1.54, 1.807) is 28.8 Å². The molecule has 2 aromatic rings. The first-order valence-corrected chi connectivity index (χ1v) is 6.13. The summed E-state index contributed by atoms with van der Waals surface area (Å²) in [5.41, 5.74) is 5.95. The zero-order valence-corrected chi connectivity index (χ0v) is 11.4. The maximum Gasteiger partial charge on any atom is 0.340 e. The topological polar surface area (TPSA) is 101 Å². The molecule has 7 heteroatoms. The number of fused-ring (bicyclic) bond motifs is 1. The Labute approximate surface area is 120 Å². The van der Waals surface area contributed by atoms with E-state index in [2.05, 4.69) is 0 Å². The fraction of sp³-hybridized carbons (Fsp3) is 0.214. The van der Waals surface area contributed by atoms with E-state index in [1.807, 2.05) is 0 Å². The van der Waals surface area contributed by atoms with Gasteiger partial charge in [0, 0.05) is 17.1 Å². The standard InChI is InChI=1S/C14H14N2O5/c1-20-14(19)10-6-16(7-13(18)21-8-12(15)17)11-5-3-2-4-9(10)11/h2-6H,7-8H2,1H3,(H2,15,17). The highest BCUT2D eigenvalue weighted by molar-refractivity contribution is 6.04. The first-order valence-electron chi connectivity index (χ1n) is 6.13. The molecular weight excluding hydrogens is 276 g/mol. The van der Waals surface area contributed by atoms with Crippen molar-refractivity contribution in [2.24, 2.45) is 5.73 Å². The lowest BCUT2D eigenvalue weighted by Gasteiger charge is -2.05. The van der Waals surface area contributed by atoms with Crippen LogP contribution in [0.3, 0.4) is 0 Å². The van der Waals surface area contributed by atoms with Gasteiger partial charge in [0.05, 0.1) is 12.7 Å². The van der Waals surface area contributed by atoms with Crippen LogP contribution in [-0.4, -0.2) is 36.1 Å². The Morgan fingerprint density at radius 3 is 2.62 bits per heavy atom. The van der Waals surface area contributed by atoms with Gasteiger partial charge in [-0.3, -0.25) is 9.59 Å². The molecule has 2 rings (SSSR count). The maximum atomic E-state index is 11.7. The highest BCUT2D eigenvalue weighted by Crippen LogP contribution is 2.22. The molecule has 0 bridgehead atoms. The fourth-order valence-corrected chi connectivity index (χ4v) is 1.99. The van der Waals surface area contributed by atoms with Crippen LogP contribution in [0.2, 0.25) is 0 Å². The number of para-hydroxylation sites is 1. The zero-order valence-electron chi connectivity index (χ0n) is 11.4. The van der Waals surface area contributed by atoms with Gasteiger partial charge < -0.3 is 19.8 Å². The Bertz CT molecular complexity index is 704. The van der Waals surface area contributed by atoms with Gasteiger partial charge in [-0.2, -0.15) is 0 Å². The van der Waals surface area contributed by atoms with Crippen LogP contribution in [0.15, 0.2) is 30.5 Å². The number of primary amides is 1. The smallest absolute Gasteiger partial charge is 0.340 e. The maximum absolute atomic E-state index is 11.7. The molecule has 0 saturated heterocycles. The number of carbonyl (C=O) groups excluding carboxylic acids is 3. The fourth-order valence-electron chi connectivity index (χ4n) is 1.99. The summed E-state index contributed by atoms with van der Waals surface area (Å²) in [6.07, 6.45) is 1.52. The molecule has 2 N–H and O–H groups in total. The van der Waals surface area contributed by atoms with Crippen LogP contribution >= 0.6 is 0 Å². The zero-order chi connectivity index (χ0) is 15.4. The monoisotopic (exact) mass is 290 g/mol. The molecule has 1 heterocycles. The SMILES string of the molecule is COC(=O)c1cn(CC(=O)OCC(N)=O)c2ccccc12. The molecule has 0 spiro atoms. The number of esters is 2. The van der Waals surface area contributed by atoms with Crippen molar-refractivity contribution in [3.05, 3.63) is 36.0 Å². The molecule has 0 radical (unpaired) electrons. The highest BCUT2D eigenvalue weighted by atomic mass is 16.5. The molecule has 0 aliphatic rings. The number of hydrogen-bond acceptors (Lipinski definition) is 5. The average Bonchev–Trinajstić information content (AvgIpc) is 2.83. The van der Waals surface area contributed by atoms with Gasteiger partial charge in [0.25, 0.3) is 5.91 Å². The Hall–Kier alpha value is -2.83. The molecule has 0 saturated carbocycles. The number of methoxy groups -OCH3 is 1. The van der Waals surface area contributed by atoms with Gasteiger partial charge >= 0.3 is 11.9 Å². The van der Waals surface area contributed by atoms with E-state index in [4.69, 9.17) is 15.2 Å². The van der Waals surface area contributed by atoms with E-state index in [0.29, 0.717) is 16.5 Å². The summed E-state index contributed by atoms with van der Waals surface area (Å²) in [6, 6.07) is 7.09. The summed E-state index contributed by atoms with van der Waals surface area (Å²) in [6.45, 7) is -0.604. The van der Waals surface area contributed by atoms with Gasteiger partial charge in [-0.15, -0.1) is 0 Å². The van der Waals surface area contributed by atoms with Gasteiger partial charge in [-0.05, 0) is 6.07 Å². The lowest BCUT2D eigenvalue weighted by molar-refractivity contribution is -0.148. The second kappa shape index (κ2) is 6.08. The van der Waals surface area contributed by atoms with Crippen molar-refractivity contribution in [3.63, 3.8) is 0 Å². The van der Waals surface area contributed by atoms with Crippen LogP contribution in [0.5, 0.6) is 0 Å². The molecule has 0 aliphatic heterocycles. The largest absolute Gasteiger partial charge is 0.465 e. The Morgan fingerprint density at radius 2 is 1.95 bits per heavy atom. The number of amides is 1. The van der Waals surface area contributed by atoms with Crippen LogP contribution in [0.4, 0.5) is 0 Å².